The fourth-order valence-corrected chi connectivity index (χ4v) is 2.93. The number of nitrogens with one attached hydrogen (secondary N) is 1. The maximum Gasteiger partial charge on any atom is 0.339 e. The first-order valence-electron chi connectivity index (χ1n) is 9.95. The van der Waals surface area contributed by atoms with Gasteiger partial charge >= 0.3 is 5.97 Å². The summed E-state index contributed by atoms with van der Waals surface area (Å²) in [5, 5.41) is 2.76. The van der Waals surface area contributed by atoms with E-state index in [1.54, 1.807) is 24.3 Å². The Kier molecular flexibility index (Phi) is 7.27. The third-order valence-electron chi connectivity index (χ3n) is 4.33. The van der Waals surface area contributed by atoms with E-state index in [2.05, 4.69) is 5.32 Å². The predicted octanol–water partition coefficient (Wildman–Crippen LogP) is 5.23. The Labute approximate surface area is 181 Å². The molecule has 31 heavy (non-hydrogen) atoms. The zero-order chi connectivity index (χ0) is 22.2. The van der Waals surface area contributed by atoms with Crippen molar-refractivity contribution in [2.45, 2.75) is 26.4 Å². The van der Waals surface area contributed by atoms with Crippen molar-refractivity contribution < 1.29 is 23.8 Å². The molecular formula is C25H25NO5. The molecule has 0 spiro atoms. The highest BCUT2D eigenvalue weighted by Gasteiger charge is 2.13. The minimum Gasteiger partial charge on any atom is -0.491 e. The summed E-state index contributed by atoms with van der Waals surface area (Å²) < 4.78 is 16.2. The highest BCUT2D eigenvalue weighted by atomic mass is 16.5. The first-order valence-corrected chi connectivity index (χ1v) is 9.95. The van der Waals surface area contributed by atoms with Crippen LogP contribution in [0, 0.1) is 0 Å². The molecule has 6 nitrogen and oxygen atoms in total. The Hall–Kier alpha value is -3.80. The van der Waals surface area contributed by atoms with Crippen molar-refractivity contribution in [3.05, 3.63) is 83.9 Å². The first kappa shape index (κ1) is 21.9. The van der Waals surface area contributed by atoms with E-state index in [-0.39, 0.29) is 18.4 Å². The third-order valence-corrected chi connectivity index (χ3v) is 4.33. The molecule has 0 aliphatic rings. The van der Waals surface area contributed by atoms with Crippen molar-refractivity contribution >= 4 is 17.6 Å². The van der Waals surface area contributed by atoms with Crippen molar-refractivity contribution in [2.24, 2.45) is 0 Å². The molecule has 0 aliphatic carbocycles. The predicted molar refractivity (Wildman–Crippen MR) is 119 cm³/mol. The summed E-state index contributed by atoms with van der Waals surface area (Å²) in [6.07, 6.45) is 0.280. The number of hydrogen-bond donors (Lipinski definition) is 1. The van der Waals surface area contributed by atoms with Crippen LogP contribution in [-0.2, 0) is 16.0 Å². The van der Waals surface area contributed by atoms with E-state index < -0.39 is 5.97 Å². The topological polar surface area (TPSA) is 73.9 Å². The van der Waals surface area contributed by atoms with Gasteiger partial charge in [0.2, 0.25) is 5.91 Å². The number of carbonyl (C=O) groups excluding carboxylic acids is 2. The van der Waals surface area contributed by atoms with Gasteiger partial charge in [0.05, 0.1) is 30.9 Å². The van der Waals surface area contributed by atoms with E-state index in [1.165, 1.54) is 7.11 Å². The molecule has 0 fully saturated rings. The summed E-state index contributed by atoms with van der Waals surface area (Å²) in [5.41, 5.74) is 1.55. The maximum atomic E-state index is 12.4. The van der Waals surface area contributed by atoms with Gasteiger partial charge in [-0.1, -0.05) is 24.3 Å². The highest BCUT2D eigenvalue weighted by molar-refractivity contribution is 6.01. The highest BCUT2D eigenvalue weighted by Crippen LogP contribution is 2.25. The van der Waals surface area contributed by atoms with Gasteiger partial charge in [-0.2, -0.15) is 0 Å². The number of para-hydroxylation sites is 1. The molecule has 0 aromatic heterocycles. The summed E-state index contributed by atoms with van der Waals surface area (Å²) >= 11 is 0. The Morgan fingerprint density at radius 1 is 0.839 bits per heavy atom. The van der Waals surface area contributed by atoms with Crippen LogP contribution in [0.4, 0.5) is 5.69 Å². The van der Waals surface area contributed by atoms with E-state index in [1.807, 2.05) is 62.4 Å². The van der Waals surface area contributed by atoms with E-state index in [4.69, 9.17) is 14.2 Å². The number of benzene rings is 3. The molecule has 1 N–H and O–H groups in total. The molecule has 0 atom stereocenters. The summed E-state index contributed by atoms with van der Waals surface area (Å²) in [6, 6.07) is 21.4. The number of hydrogen-bond acceptors (Lipinski definition) is 5. The van der Waals surface area contributed by atoms with E-state index in [0.717, 1.165) is 11.3 Å². The normalized spacial score (nSPS) is 10.5. The second-order valence-corrected chi connectivity index (χ2v) is 7.15. The number of amides is 1. The van der Waals surface area contributed by atoms with Crippen LogP contribution in [0.1, 0.15) is 29.8 Å². The van der Waals surface area contributed by atoms with Crippen molar-refractivity contribution in [3.8, 4) is 17.2 Å². The lowest BCUT2D eigenvalue weighted by Crippen LogP contribution is -2.17. The van der Waals surface area contributed by atoms with Gasteiger partial charge in [-0.25, -0.2) is 4.79 Å². The summed E-state index contributed by atoms with van der Waals surface area (Å²) in [4.78, 5) is 24.3. The Bertz CT molecular complexity index is 1030. The van der Waals surface area contributed by atoms with Gasteiger partial charge in [0.1, 0.15) is 17.2 Å². The van der Waals surface area contributed by atoms with Crippen LogP contribution < -0.4 is 14.8 Å². The monoisotopic (exact) mass is 419 g/mol. The van der Waals surface area contributed by atoms with Crippen LogP contribution in [0.15, 0.2) is 72.8 Å². The van der Waals surface area contributed by atoms with Crippen molar-refractivity contribution in [1.82, 2.24) is 0 Å². The average molecular weight is 419 g/mol. The first-order chi connectivity index (χ1) is 14.9. The van der Waals surface area contributed by atoms with Gasteiger partial charge in [-0.15, -0.1) is 0 Å². The molecule has 3 rings (SSSR count). The fourth-order valence-electron chi connectivity index (χ4n) is 2.93. The van der Waals surface area contributed by atoms with Gasteiger partial charge in [0.25, 0.3) is 0 Å². The SMILES string of the molecule is COC(=O)c1ccccc1NC(=O)Cc1ccc(Oc2ccc(OC(C)C)cc2)cc1. The third kappa shape index (κ3) is 6.34. The van der Waals surface area contributed by atoms with Crippen LogP contribution in [0.25, 0.3) is 0 Å². The number of rotatable bonds is 8. The molecule has 3 aromatic rings. The number of esters is 1. The second kappa shape index (κ2) is 10.3. The lowest BCUT2D eigenvalue weighted by Gasteiger charge is -2.11. The summed E-state index contributed by atoms with van der Waals surface area (Å²) in [7, 11) is 1.30. The second-order valence-electron chi connectivity index (χ2n) is 7.15. The Morgan fingerprint density at radius 2 is 1.42 bits per heavy atom. The van der Waals surface area contributed by atoms with Gasteiger partial charge < -0.3 is 19.5 Å². The van der Waals surface area contributed by atoms with Crippen LogP contribution >= 0.6 is 0 Å². The molecule has 160 valence electrons. The van der Waals surface area contributed by atoms with Crippen LogP contribution in [0.5, 0.6) is 17.2 Å². The largest absolute Gasteiger partial charge is 0.491 e. The van der Waals surface area contributed by atoms with Crippen LogP contribution in [0.2, 0.25) is 0 Å². The molecule has 0 bridgehead atoms. The molecule has 6 heteroatoms. The summed E-state index contributed by atoms with van der Waals surface area (Å²) in [5.74, 6) is 1.42. The van der Waals surface area contributed by atoms with Gasteiger partial charge in [0.15, 0.2) is 0 Å². The fraction of sp³-hybridized carbons (Fsp3) is 0.200. The van der Waals surface area contributed by atoms with E-state index >= 15 is 0 Å². The smallest absolute Gasteiger partial charge is 0.339 e. The molecule has 0 radical (unpaired) electrons. The van der Waals surface area contributed by atoms with Crippen LogP contribution in [0.3, 0.4) is 0 Å². The average Bonchev–Trinajstić information content (AvgIpc) is 2.76. The molecule has 0 unspecified atom stereocenters. The molecule has 1 amide bonds. The number of ether oxygens (including phenoxy) is 3. The standard InChI is InChI=1S/C25H25NO5/c1-17(2)30-19-12-14-21(15-13-19)31-20-10-8-18(9-11-20)16-24(27)26-23-7-5-4-6-22(23)25(28)29-3/h4-15,17H,16H2,1-3H3,(H,26,27). The molecule has 0 saturated heterocycles. The maximum absolute atomic E-state index is 12.4. The lowest BCUT2D eigenvalue weighted by molar-refractivity contribution is -0.115. The minimum absolute atomic E-state index is 0.116. The van der Waals surface area contributed by atoms with Gasteiger partial charge in [-0.3, -0.25) is 4.79 Å². The molecule has 0 heterocycles. The molecular weight excluding hydrogens is 394 g/mol. The Morgan fingerprint density at radius 3 is 2.03 bits per heavy atom. The van der Waals surface area contributed by atoms with Crippen molar-refractivity contribution in [3.63, 3.8) is 0 Å². The summed E-state index contributed by atoms with van der Waals surface area (Å²) in [6.45, 7) is 3.95. The molecule has 0 aliphatic heterocycles. The minimum atomic E-state index is -0.499. The van der Waals surface area contributed by atoms with Gasteiger partial charge in [-0.05, 0) is 67.9 Å². The molecule has 0 saturated carbocycles. The quantitative estimate of drug-likeness (QED) is 0.506. The number of methoxy groups -OCH3 is 1. The zero-order valence-corrected chi connectivity index (χ0v) is 17.8. The zero-order valence-electron chi connectivity index (χ0n) is 17.8. The molecule has 3 aromatic carbocycles. The van der Waals surface area contributed by atoms with Crippen LogP contribution in [-0.4, -0.2) is 25.1 Å². The number of anilines is 1. The lowest BCUT2D eigenvalue weighted by atomic mass is 10.1. The Balaban J connectivity index is 1.58. The van der Waals surface area contributed by atoms with E-state index in [0.29, 0.717) is 22.7 Å². The number of carbonyl (C=O) groups is 2. The van der Waals surface area contributed by atoms with Crippen molar-refractivity contribution in [2.75, 3.05) is 12.4 Å². The van der Waals surface area contributed by atoms with Gasteiger partial charge in [0, 0.05) is 0 Å². The van der Waals surface area contributed by atoms with Crippen molar-refractivity contribution in [1.29, 1.82) is 0 Å². The van der Waals surface area contributed by atoms with E-state index in [9.17, 15) is 9.59 Å².